The van der Waals surface area contributed by atoms with E-state index in [2.05, 4.69) is 41.9 Å². The van der Waals surface area contributed by atoms with Gasteiger partial charge >= 0.3 is 0 Å². The van der Waals surface area contributed by atoms with Crippen molar-refractivity contribution in [2.75, 3.05) is 13.1 Å². The summed E-state index contributed by atoms with van der Waals surface area (Å²) in [4.78, 5) is 96.9. The lowest BCUT2D eigenvalue weighted by atomic mass is 10.0. The smallest absolute Gasteiger partial charge is 0.243 e. The van der Waals surface area contributed by atoms with Crippen LogP contribution in [0, 0.1) is 5.92 Å². The van der Waals surface area contributed by atoms with Gasteiger partial charge in [0.15, 0.2) is 0 Å². The van der Waals surface area contributed by atoms with Crippen molar-refractivity contribution >= 4 is 53.4 Å². The van der Waals surface area contributed by atoms with Crippen molar-refractivity contribution in [2.45, 2.75) is 90.0 Å². The molecule has 0 aromatic rings. The van der Waals surface area contributed by atoms with Gasteiger partial charge < -0.3 is 37.6 Å². The Labute approximate surface area is 243 Å². The molecule has 2 aliphatic rings. The molecule has 7 amide bonds. The Hall–Kier alpha value is -4.37. The van der Waals surface area contributed by atoms with E-state index < -0.39 is 78.0 Å². The second-order valence-electron chi connectivity index (χ2n) is 10.6. The third kappa shape index (κ3) is 10.9. The molecule has 0 spiro atoms. The number of hydrogen-bond acceptors (Lipinski definition) is 9. The Morgan fingerprint density at radius 3 is 2.31 bits per heavy atom. The number of aliphatic imine (C=N–C) groups is 2. The van der Waals surface area contributed by atoms with E-state index in [0.717, 1.165) is 0 Å². The number of nitrogens with zero attached hydrogens (tertiary/aromatic N) is 2. The molecule has 16 nitrogen and oxygen atoms in total. The zero-order valence-corrected chi connectivity index (χ0v) is 24.3. The highest BCUT2D eigenvalue weighted by molar-refractivity contribution is 6.02. The third-order valence-corrected chi connectivity index (χ3v) is 6.65. The number of amides is 7. The summed E-state index contributed by atoms with van der Waals surface area (Å²) in [6, 6.07) is -5.69. The van der Waals surface area contributed by atoms with Crippen LogP contribution in [0.2, 0.25) is 0 Å². The molecule has 0 bridgehead atoms. The highest BCUT2D eigenvalue weighted by Crippen LogP contribution is 2.08. The molecular weight excluding hydrogens is 550 g/mol. The van der Waals surface area contributed by atoms with Crippen molar-refractivity contribution in [1.82, 2.24) is 31.9 Å². The molecule has 0 aliphatic carbocycles. The van der Waals surface area contributed by atoms with Gasteiger partial charge in [0.2, 0.25) is 41.4 Å². The Morgan fingerprint density at radius 2 is 1.71 bits per heavy atom. The van der Waals surface area contributed by atoms with Gasteiger partial charge in [-0.15, -0.1) is 0 Å². The predicted molar refractivity (Wildman–Crippen MR) is 152 cm³/mol. The van der Waals surface area contributed by atoms with Crippen LogP contribution in [-0.2, 0) is 33.6 Å². The number of primary amides is 1. The lowest BCUT2D eigenvalue weighted by Crippen LogP contribution is -2.59. The van der Waals surface area contributed by atoms with E-state index in [1.54, 1.807) is 13.8 Å². The Balaban J connectivity index is 2.34. The summed E-state index contributed by atoms with van der Waals surface area (Å²) in [7, 11) is 0. The molecule has 0 aromatic heterocycles. The molecule has 0 unspecified atom stereocenters. The first-order valence-corrected chi connectivity index (χ1v) is 13.9. The fourth-order valence-corrected chi connectivity index (χ4v) is 4.30. The SMILES string of the molecule is CC(=O)N[C@H]1CC(=O)NCCCC[C@@H](C(N)=O)NC(=O)[C@H](C(C)C)NC(=O)[C@@H](C)NC(=O)[C@H](CC2=NC=NC2)NC1=O. The number of carbonyl (C=O) groups excluding carboxylic acids is 7. The maximum atomic E-state index is 13.3. The molecule has 16 heteroatoms. The zero-order valence-electron chi connectivity index (χ0n) is 24.3. The van der Waals surface area contributed by atoms with Crippen molar-refractivity contribution in [2.24, 2.45) is 21.6 Å². The van der Waals surface area contributed by atoms with Gasteiger partial charge in [-0.05, 0) is 32.1 Å². The first kappa shape index (κ1) is 33.8. The van der Waals surface area contributed by atoms with E-state index in [1.807, 2.05) is 0 Å². The van der Waals surface area contributed by atoms with Gasteiger partial charge in [-0.3, -0.25) is 38.6 Å². The Morgan fingerprint density at radius 1 is 1.00 bits per heavy atom. The fraction of sp³-hybridized carbons (Fsp3) is 0.654. The van der Waals surface area contributed by atoms with Crippen molar-refractivity contribution in [3.8, 4) is 0 Å². The molecule has 2 rings (SSSR count). The number of rotatable bonds is 5. The number of hydrogen-bond donors (Lipinski definition) is 7. The van der Waals surface area contributed by atoms with Crippen LogP contribution < -0.4 is 37.6 Å². The fourth-order valence-electron chi connectivity index (χ4n) is 4.30. The second-order valence-corrected chi connectivity index (χ2v) is 10.6. The monoisotopic (exact) mass is 591 g/mol. The molecule has 1 saturated heterocycles. The van der Waals surface area contributed by atoms with Crippen LogP contribution in [0.3, 0.4) is 0 Å². The average Bonchev–Trinajstić information content (AvgIpc) is 3.41. The number of nitrogens with one attached hydrogen (secondary N) is 6. The van der Waals surface area contributed by atoms with Crippen LogP contribution in [0.15, 0.2) is 9.98 Å². The normalized spacial score (nSPS) is 27.1. The second kappa shape index (κ2) is 16.2. The number of carbonyl (C=O) groups is 7. The van der Waals surface area contributed by atoms with Gasteiger partial charge in [-0.1, -0.05) is 13.8 Å². The quantitative estimate of drug-likeness (QED) is 0.176. The summed E-state index contributed by atoms with van der Waals surface area (Å²) in [5.41, 5.74) is 5.98. The highest BCUT2D eigenvalue weighted by Gasteiger charge is 2.33. The van der Waals surface area contributed by atoms with Crippen LogP contribution in [0.1, 0.15) is 59.8 Å². The van der Waals surface area contributed by atoms with E-state index in [9.17, 15) is 33.6 Å². The van der Waals surface area contributed by atoms with Gasteiger partial charge in [0.25, 0.3) is 0 Å². The van der Waals surface area contributed by atoms with E-state index in [0.29, 0.717) is 18.6 Å². The van der Waals surface area contributed by atoms with E-state index in [1.165, 1.54) is 20.2 Å². The third-order valence-electron chi connectivity index (χ3n) is 6.65. The summed E-state index contributed by atoms with van der Waals surface area (Å²) in [5, 5.41) is 15.4. The molecule has 42 heavy (non-hydrogen) atoms. The molecule has 0 saturated carbocycles. The summed E-state index contributed by atoms with van der Waals surface area (Å²) in [5.74, 6) is -5.03. The van der Waals surface area contributed by atoms with E-state index in [-0.39, 0.29) is 31.8 Å². The largest absolute Gasteiger partial charge is 0.368 e. The van der Waals surface area contributed by atoms with Crippen LogP contribution in [-0.4, -0.2) is 96.7 Å². The lowest BCUT2D eigenvalue weighted by molar-refractivity contribution is -0.135. The van der Waals surface area contributed by atoms with E-state index >= 15 is 0 Å². The molecule has 0 aromatic carbocycles. The summed E-state index contributed by atoms with van der Waals surface area (Å²) in [6.07, 6.45) is 1.91. The maximum Gasteiger partial charge on any atom is 0.243 e. The molecule has 232 valence electrons. The first-order valence-electron chi connectivity index (χ1n) is 13.9. The van der Waals surface area contributed by atoms with Crippen molar-refractivity contribution < 1.29 is 33.6 Å². The lowest BCUT2D eigenvalue weighted by Gasteiger charge is -2.27. The Bertz CT molecular complexity index is 1120. The minimum absolute atomic E-state index is 0.0452. The Kier molecular flexibility index (Phi) is 13.0. The minimum atomic E-state index is -1.29. The standard InChI is InChI=1S/C26H41N9O7/c1-13(2)21-26(42)33-17(22(27)38)7-5-6-8-29-20(37)10-19(32-15(4)36)25(41)34-18(9-16-11-28-12-30-16)24(40)31-14(3)23(39)35-21/h12-14,17-19,21H,5-11H2,1-4H3,(H2,27,38)(H,29,37)(H,31,40)(H,32,36)(H,33,42)(H,34,41)(H,35,39)/t14-,17+,18+,19+,21+/m1/s1. The maximum absolute atomic E-state index is 13.3. The molecule has 0 radical (unpaired) electrons. The minimum Gasteiger partial charge on any atom is -0.368 e. The van der Waals surface area contributed by atoms with Gasteiger partial charge in [-0.25, -0.2) is 4.99 Å². The van der Waals surface area contributed by atoms with E-state index in [4.69, 9.17) is 5.73 Å². The van der Waals surface area contributed by atoms with Gasteiger partial charge in [0.05, 0.1) is 13.0 Å². The first-order chi connectivity index (χ1) is 19.8. The van der Waals surface area contributed by atoms with Crippen molar-refractivity contribution in [1.29, 1.82) is 0 Å². The molecule has 2 aliphatic heterocycles. The molecule has 8 N–H and O–H groups in total. The average molecular weight is 592 g/mol. The predicted octanol–water partition coefficient (Wildman–Crippen LogP) is -2.85. The summed E-state index contributed by atoms with van der Waals surface area (Å²) in [6.45, 7) is 6.41. The molecular formula is C26H41N9O7. The number of nitrogens with two attached hydrogens (primary N) is 1. The van der Waals surface area contributed by atoms with Crippen LogP contribution >= 0.6 is 0 Å². The molecule has 2 heterocycles. The topological polar surface area (TPSA) is 242 Å². The van der Waals surface area contributed by atoms with Crippen LogP contribution in [0.25, 0.3) is 0 Å². The van der Waals surface area contributed by atoms with Crippen LogP contribution in [0.4, 0.5) is 0 Å². The van der Waals surface area contributed by atoms with Gasteiger partial charge in [-0.2, -0.15) is 0 Å². The van der Waals surface area contributed by atoms with Crippen molar-refractivity contribution in [3.05, 3.63) is 0 Å². The van der Waals surface area contributed by atoms with Crippen molar-refractivity contribution in [3.63, 3.8) is 0 Å². The van der Waals surface area contributed by atoms with Gasteiger partial charge in [0, 0.05) is 25.6 Å². The highest BCUT2D eigenvalue weighted by atomic mass is 16.2. The zero-order chi connectivity index (χ0) is 31.4. The summed E-state index contributed by atoms with van der Waals surface area (Å²) < 4.78 is 0. The van der Waals surface area contributed by atoms with Gasteiger partial charge in [0.1, 0.15) is 36.5 Å². The molecule has 1 fully saturated rings. The molecule has 5 atom stereocenters. The summed E-state index contributed by atoms with van der Waals surface area (Å²) >= 11 is 0. The van der Waals surface area contributed by atoms with Crippen LogP contribution in [0.5, 0.6) is 0 Å².